The quantitative estimate of drug-likeness (QED) is 0.561. The molecule has 0 atom stereocenters. The molecule has 29 heavy (non-hydrogen) atoms. The fraction of sp³-hybridized carbons (Fsp3) is 0.350. The number of amides is 1. The second-order valence-electron chi connectivity index (χ2n) is 7.30. The van der Waals surface area contributed by atoms with E-state index in [9.17, 15) is 28.5 Å². The SMILES string of the molecule is Cc1ccc(S(=O)(=O)NC2CCN(C(=O)c3cc(O)c(O)c(O)c3)CC2)cc1C. The van der Waals surface area contributed by atoms with Crippen LogP contribution in [-0.2, 0) is 10.0 Å². The van der Waals surface area contributed by atoms with Gasteiger partial charge in [-0.1, -0.05) is 6.07 Å². The molecule has 0 spiro atoms. The Hall–Kier alpha value is -2.78. The Bertz CT molecular complexity index is 1020. The number of piperidine rings is 1. The zero-order valence-electron chi connectivity index (χ0n) is 16.2. The summed E-state index contributed by atoms with van der Waals surface area (Å²) in [4.78, 5) is 14.3. The van der Waals surface area contributed by atoms with Crippen LogP contribution in [0.25, 0.3) is 0 Å². The normalized spacial score (nSPS) is 15.4. The van der Waals surface area contributed by atoms with Crippen LogP contribution in [0.4, 0.5) is 0 Å². The van der Waals surface area contributed by atoms with E-state index in [4.69, 9.17) is 0 Å². The molecule has 1 amide bonds. The van der Waals surface area contributed by atoms with Gasteiger partial charge in [0.25, 0.3) is 5.91 Å². The van der Waals surface area contributed by atoms with Crippen molar-refractivity contribution in [2.75, 3.05) is 13.1 Å². The van der Waals surface area contributed by atoms with Gasteiger partial charge >= 0.3 is 0 Å². The molecule has 0 radical (unpaired) electrons. The second kappa shape index (κ2) is 7.92. The summed E-state index contributed by atoms with van der Waals surface area (Å²) in [6, 6.07) is 6.87. The summed E-state index contributed by atoms with van der Waals surface area (Å²) in [5.74, 6) is -2.25. The van der Waals surface area contributed by atoms with Gasteiger partial charge in [0.2, 0.25) is 10.0 Å². The Morgan fingerprint density at radius 1 is 1.00 bits per heavy atom. The van der Waals surface area contributed by atoms with E-state index in [1.165, 1.54) is 4.90 Å². The predicted molar refractivity (Wildman–Crippen MR) is 107 cm³/mol. The number of aryl methyl sites for hydroxylation is 2. The molecule has 156 valence electrons. The molecular formula is C20H24N2O6S. The maximum Gasteiger partial charge on any atom is 0.254 e. The average molecular weight is 420 g/mol. The molecule has 4 N–H and O–H groups in total. The molecule has 1 heterocycles. The van der Waals surface area contributed by atoms with Gasteiger partial charge in [-0.2, -0.15) is 0 Å². The van der Waals surface area contributed by atoms with E-state index in [2.05, 4.69) is 4.72 Å². The van der Waals surface area contributed by atoms with Crippen LogP contribution in [0.2, 0.25) is 0 Å². The first-order valence-electron chi connectivity index (χ1n) is 9.22. The smallest absolute Gasteiger partial charge is 0.254 e. The summed E-state index contributed by atoms with van der Waals surface area (Å²) in [5, 5.41) is 28.6. The Balaban J connectivity index is 1.64. The van der Waals surface area contributed by atoms with Crippen LogP contribution >= 0.6 is 0 Å². The molecule has 0 bridgehead atoms. The summed E-state index contributed by atoms with van der Waals surface area (Å²) in [6.45, 7) is 4.42. The van der Waals surface area contributed by atoms with Gasteiger partial charge in [0.15, 0.2) is 17.2 Å². The molecule has 9 heteroatoms. The lowest BCUT2D eigenvalue weighted by molar-refractivity contribution is 0.0710. The Kier molecular flexibility index (Phi) is 5.72. The van der Waals surface area contributed by atoms with Gasteiger partial charge in [0, 0.05) is 24.7 Å². The number of carbonyl (C=O) groups excluding carboxylic acids is 1. The Morgan fingerprint density at radius 3 is 2.14 bits per heavy atom. The zero-order chi connectivity index (χ0) is 21.3. The molecule has 1 saturated heterocycles. The first-order chi connectivity index (χ1) is 13.6. The number of sulfonamides is 1. The van der Waals surface area contributed by atoms with Crippen molar-refractivity contribution < 1.29 is 28.5 Å². The maximum atomic E-state index is 12.6. The van der Waals surface area contributed by atoms with Gasteiger partial charge in [0.1, 0.15) is 0 Å². The minimum Gasteiger partial charge on any atom is -0.504 e. The first-order valence-corrected chi connectivity index (χ1v) is 10.7. The highest BCUT2D eigenvalue weighted by molar-refractivity contribution is 7.89. The van der Waals surface area contributed by atoms with E-state index in [0.717, 1.165) is 23.3 Å². The van der Waals surface area contributed by atoms with Crippen molar-refractivity contribution in [1.82, 2.24) is 9.62 Å². The van der Waals surface area contributed by atoms with Gasteiger partial charge in [-0.15, -0.1) is 0 Å². The Labute approximate surface area is 169 Å². The van der Waals surface area contributed by atoms with Crippen LogP contribution in [-0.4, -0.2) is 53.7 Å². The minimum atomic E-state index is -3.65. The van der Waals surface area contributed by atoms with Crippen molar-refractivity contribution >= 4 is 15.9 Å². The average Bonchev–Trinajstić information content (AvgIpc) is 2.67. The highest BCUT2D eigenvalue weighted by Gasteiger charge is 2.28. The fourth-order valence-electron chi connectivity index (χ4n) is 3.28. The fourth-order valence-corrected chi connectivity index (χ4v) is 4.67. The number of rotatable bonds is 4. The van der Waals surface area contributed by atoms with E-state index in [1.54, 1.807) is 18.2 Å². The molecule has 0 saturated carbocycles. The number of phenols is 3. The van der Waals surface area contributed by atoms with Crippen molar-refractivity contribution in [1.29, 1.82) is 0 Å². The van der Waals surface area contributed by atoms with Crippen molar-refractivity contribution in [2.24, 2.45) is 0 Å². The monoisotopic (exact) mass is 420 g/mol. The van der Waals surface area contributed by atoms with Gasteiger partial charge in [-0.05, 0) is 62.1 Å². The molecule has 1 fully saturated rings. The van der Waals surface area contributed by atoms with Gasteiger partial charge in [0.05, 0.1) is 4.90 Å². The molecule has 1 aliphatic heterocycles. The molecule has 0 unspecified atom stereocenters. The highest BCUT2D eigenvalue weighted by atomic mass is 32.2. The number of aromatic hydroxyl groups is 3. The molecule has 2 aromatic rings. The van der Waals surface area contributed by atoms with Crippen LogP contribution in [0.15, 0.2) is 35.2 Å². The van der Waals surface area contributed by atoms with Crippen LogP contribution in [0.5, 0.6) is 17.2 Å². The number of hydrogen-bond acceptors (Lipinski definition) is 6. The van der Waals surface area contributed by atoms with Crippen molar-refractivity contribution in [3.8, 4) is 17.2 Å². The second-order valence-corrected chi connectivity index (χ2v) is 9.01. The molecule has 0 aromatic heterocycles. The third-order valence-corrected chi connectivity index (χ3v) is 6.73. The zero-order valence-corrected chi connectivity index (χ0v) is 17.0. The third-order valence-electron chi connectivity index (χ3n) is 5.21. The number of carbonyl (C=O) groups is 1. The van der Waals surface area contributed by atoms with Crippen LogP contribution in [0, 0.1) is 13.8 Å². The molecule has 3 rings (SSSR count). The summed E-state index contributed by atoms with van der Waals surface area (Å²) < 4.78 is 28.0. The molecule has 0 aliphatic carbocycles. The summed E-state index contributed by atoms with van der Waals surface area (Å²) in [7, 11) is -3.65. The van der Waals surface area contributed by atoms with Crippen molar-refractivity contribution in [2.45, 2.75) is 37.6 Å². The van der Waals surface area contributed by atoms with E-state index in [-0.39, 0.29) is 16.5 Å². The largest absolute Gasteiger partial charge is 0.504 e. The lowest BCUT2D eigenvalue weighted by Crippen LogP contribution is -2.46. The van der Waals surface area contributed by atoms with Gasteiger partial charge in [-0.3, -0.25) is 4.79 Å². The summed E-state index contributed by atoms with van der Waals surface area (Å²) >= 11 is 0. The van der Waals surface area contributed by atoms with Crippen molar-refractivity contribution in [3.63, 3.8) is 0 Å². The van der Waals surface area contributed by atoms with E-state index >= 15 is 0 Å². The van der Waals surface area contributed by atoms with E-state index in [0.29, 0.717) is 25.9 Å². The van der Waals surface area contributed by atoms with E-state index < -0.39 is 33.2 Å². The lowest BCUT2D eigenvalue weighted by Gasteiger charge is -2.32. The number of likely N-dealkylation sites (tertiary alicyclic amines) is 1. The van der Waals surface area contributed by atoms with Crippen LogP contribution < -0.4 is 4.72 Å². The standard InChI is InChI=1S/C20H24N2O6S/c1-12-3-4-16(9-13(12)2)29(27,28)21-15-5-7-22(8-6-15)20(26)14-10-17(23)19(25)18(24)11-14/h3-4,9-11,15,21,23-25H,5-8H2,1-2H3. The molecular weight excluding hydrogens is 396 g/mol. The third kappa shape index (κ3) is 4.46. The molecule has 1 aliphatic rings. The lowest BCUT2D eigenvalue weighted by atomic mass is 10.0. The van der Waals surface area contributed by atoms with Crippen molar-refractivity contribution in [3.05, 3.63) is 47.0 Å². The predicted octanol–water partition coefficient (Wildman–Crippen LogP) is 2.00. The number of nitrogens with one attached hydrogen (secondary N) is 1. The maximum absolute atomic E-state index is 12.6. The number of benzene rings is 2. The number of nitrogens with zero attached hydrogens (tertiary/aromatic N) is 1. The van der Waals surface area contributed by atoms with Crippen LogP contribution in [0.3, 0.4) is 0 Å². The Morgan fingerprint density at radius 2 is 1.59 bits per heavy atom. The number of hydrogen-bond donors (Lipinski definition) is 4. The topological polar surface area (TPSA) is 127 Å². The summed E-state index contributed by atoms with van der Waals surface area (Å²) in [5.41, 5.74) is 1.96. The minimum absolute atomic E-state index is 0.0481. The van der Waals surface area contributed by atoms with Gasteiger partial charge in [-0.25, -0.2) is 13.1 Å². The van der Waals surface area contributed by atoms with Gasteiger partial charge < -0.3 is 20.2 Å². The highest BCUT2D eigenvalue weighted by Crippen LogP contribution is 2.35. The molecule has 2 aromatic carbocycles. The number of phenolic OH excluding ortho intramolecular Hbond substituents is 3. The summed E-state index contributed by atoms with van der Waals surface area (Å²) in [6.07, 6.45) is 0.873. The first kappa shape index (κ1) is 20.9. The van der Waals surface area contributed by atoms with Crippen LogP contribution in [0.1, 0.15) is 34.3 Å². The van der Waals surface area contributed by atoms with E-state index in [1.807, 2.05) is 13.8 Å². The molecule has 8 nitrogen and oxygen atoms in total.